The van der Waals surface area contributed by atoms with Crippen molar-refractivity contribution in [3.8, 4) is 0 Å². The minimum Gasteiger partial charge on any atom is -0.345 e. The van der Waals surface area contributed by atoms with Crippen LogP contribution in [0.1, 0.15) is 79.3 Å². The van der Waals surface area contributed by atoms with E-state index < -0.39 is 0 Å². The molecule has 2 heterocycles. The fourth-order valence-electron chi connectivity index (χ4n) is 4.18. The molecule has 1 aromatic heterocycles. The fourth-order valence-corrected chi connectivity index (χ4v) is 4.18. The van der Waals surface area contributed by atoms with Crippen LogP contribution in [0, 0.1) is 6.92 Å². The topological polar surface area (TPSA) is 49.3 Å². The first-order chi connectivity index (χ1) is 11.6. The minimum absolute atomic E-state index is 0.0215. The van der Waals surface area contributed by atoms with Gasteiger partial charge in [0.1, 0.15) is 5.82 Å². The molecule has 5 heteroatoms. The summed E-state index contributed by atoms with van der Waals surface area (Å²) in [6, 6.07) is 1.01. The van der Waals surface area contributed by atoms with E-state index >= 15 is 0 Å². The van der Waals surface area contributed by atoms with Gasteiger partial charge in [-0.05, 0) is 39.2 Å². The molecule has 1 atom stereocenters. The van der Waals surface area contributed by atoms with Gasteiger partial charge in [-0.1, -0.05) is 25.7 Å². The zero-order valence-electron chi connectivity index (χ0n) is 15.3. The monoisotopic (exact) mass is 330 g/mol. The SMILES string of the molecule is Cc1nc([C@@H]2CCCCN2C2CCCCC2)ncc1C(=O)N(C)C. The summed E-state index contributed by atoms with van der Waals surface area (Å²) in [5.74, 6) is 0.889. The Morgan fingerprint density at radius 2 is 1.83 bits per heavy atom. The molecule has 2 aliphatic rings. The molecule has 1 aliphatic heterocycles. The molecule has 1 aliphatic carbocycles. The number of aryl methyl sites for hydroxylation is 1. The summed E-state index contributed by atoms with van der Waals surface area (Å²) in [5, 5.41) is 0. The van der Waals surface area contributed by atoms with E-state index in [2.05, 4.69) is 9.88 Å². The van der Waals surface area contributed by atoms with Crippen LogP contribution in [0.3, 0.4) is 0 Å². The molecule has 3 rings (SSSR count). The minimum atomic E-state index is -0.0215. The zero-order chi connectivity index (χ0) is 17.1. The van der Waals surface area contributed by atoms with Gasteiger partial charge in [-0.15, -0.1) is 0 Å². The van der Waals surface area contributed by atoms with Crippen LogP contribution in [-0.2, 0) is 0 Å². The number of amides is 1. The van der Waals surface area contributed by atoms with Crippen LogP contribution in [0.25, 0.3) is 0 Å². The number of aromatic nitrogens is 2. The lowest BCUT2D eigenvalue weighted by molar-refractivity contribution is 0.0673. The Labute approximate surface area is 145 Å². The molecular weight excluding hydrogens is 300 g/mol. The Bertz CT molecular complexity index is 581. The fraction of sp³-hybridized carbons (Fsp3) is 0.737. The van der Waals surface area contributed by atoms with E-state index in [1.54, 1.807) is 25.2 Å². The second kappa shape index (κ2) is 7.60. The van der Waals surface area contributed by atoms with Crippen LogP contribution in [0.15, 0.2) is 6.20 Å². The standard InChI is InChI=1S/C19H30N4O/c1-14-16(19(24)22(2)3)13-20-18(21-14)17-11-7-8-12-23(17)15-9-5-4-6-10-15/h13,15,17H,4-12H2,1-3H3/t17-/m0/s1. The van der Waals surface area contributed by atoms with Gasteiger partial charge in [-0.3, -0.25) is 9.69 Å². The van der Waals surface area contributed by atoms with Gasteiger partial charge >= 0.3 is 0 Å². The van der Waals surface area contributed by atoms with Crippen molar-refractivity contribution in [3.05, 3.63) is 23.3 Å². The molecule has 0 bridgehead atoms. The van der Waals surface area contributed by atoms with Gasteiger partial charge in [0.15, 0.2) is 0 Å². The van der Waals surface area contributed by atoms with Crippen molar-refractivity contribution in [3.63, 3.8) is 0 Å². The number of hydrogen-bond donors (Lipinski definition) is 0. The lowest BCUT2D eigenvalue weighted by Gasteiger charge is -2.42. The molecule has 1 saturated heterocycles. The van der Waals surface area contributed by atoms with E-state index in [0.29, 0.717) is 17.6 Å². The second-order valence-electron chi connectivity index (χ2n) is 7.47. The number of carbonyl (C=O) groups excluding carboxylic acids is 1. The molecular formula is C19H30N4O. The highest BCUT2D eigenvalue weighted by atomic mass is 16.2. The van der Waals surface area contributed by atoms with Crippen LogP contribution in [0.5, 0.6) is 0 Å². The van der Waals surface area contributed by atoms with Crippen LogP contribution < -0.4 is 0 Å². The van der Waals surface area contributed by atoms with Crippen molar-refractivity contribution in [1.82, 2.24) is 19.8 Å². The molecule has 1 saturated carbocycles. The zero-order valence-corrected chi connectivity index (χ0v) is 15.3. The van der Waals surface area contributed by atoms with E-state index in [-0.39, 0.29) is 5.91 Å². The van der Waals surface area contributed by atoms with E-state index in [1.165, 1.54) is 44.9 Å². The van der Waals surface area contributed by atoms with Crippen LogP contribution in [0.4, 0.5) is 0 Å². The third-order valence-electron chi connectivity index (χ3n) is 5.52. The average Bonchev–Trinajstić information content (AvgIpc) is 2.61. The largest absolute Gasteiger partial charge is 0.345 e. The number of likely N-dealkylation sites (tertiary alicyclic amines) is 1. The number of rotatable bonds is 3. The Hall–Kier alpha value is -1.49. The highest BCUT2D eigenvalue weighted by molar-refractivity contribution is 5.94. The highest BCUT2D eigenvalue weighted by Gasteiger charge is 2.32. The number of piperidine rings is 1. The number of nitrogens with zero attached hydrogens (tertiary/aromatic N) is 4. The molecule has 1 amide bonds. The van der Waals surface area contributed by atoms with Crippen molar-refractivity contribution >= 4 is 5.91 Å². The second-order valence-corrected chi connectivity index (χ2v) is 7.47. The first-order valence-corrected chi connectivity index (χ1v) is 9.39. The number of hydrogen-bond acceptors (Lipinski definition) is 4. The molecule has 132 valence electrons. The van der Waals surface area contributed by atoms with Crippen LogP contribution in [-0.4, -0.2) is 52.4 Å². The third kappa shape index (κ3) is 3.61. The van der Waals surface area contributed by atoms with Gasteiger partial charge in [-0.2, -0.15) is 0 Å². The van der Waals surface area contributed by atoms with E-state index in [9.17, 15) is 4.79 Å². The summed E-state index contributed by atoms with van der Waals surface area (Å²) in [5.41, 5.74) is 1.41. The van der Waals surface area contributed by atoms with Crippen LogP contribution in [0.2, 0.25) is 0 Å². The van der Waals surface area contributed by atoms with Crippen molar-refractivity contribution in [2.24, 2.45) is 0 Å². The maximum Gasteiger partial charge on any atom is 0.256 e. The Kier molecular flexibility index (Phi) is 5.49. The molecule has 2 fully saturated rings. The van der Waals surface area contributed by atoms with Gasteiger partial charge in [0.2, 0.25) is 0 Å². The molecule has 0 spiro atoms. The van der Waals surface area contributed by atoms with Crippen molar-refractivity contribution in [1.29, 1.82) is 0 Å². The average molecular weight is 330 g/mol. The van der Waals surface area contributed by atoms with Gasteiger partial charge in [0.25, 0.3) is 5.91 Å². The quantitative estimate of drug-likeness (QED) is 0.853. The van der Waals surface area contributed by atoms with Crippen molar-refractivity contribution < 1.29 is 4.79 Å². The normalized spacial score (nSPS) is 23.2. The predicted molar refractivity (Wildman–Crippen MR) is 95.0 cm³/mol. The van der Waals surface area contributed by atoms with Crippen molar-refractivity contribution in [2.75, 3.05) is 20.6 Å². The summed E-state index contributed by atoms with van der Waals surface area (Å²) in [7, 11) is 3.53. The molecule has 1 aromatic rings. The smallest absolute Gasteiger partial charge is 0.256 e. The van der Waals surface area contributed by atoms with E-state index in [4.69, 9.17) is 4.98 Å². The van der Waals surface area contributed by atoms with Gasteiger partial charge in [0.05, 0.1) is 17.3 Å². The molecule has 0 N–H and O–H groups in total. The van der Waals surface area contributed by atoms with Gasteiger partial charge < -0.3 is 4.90 Å². The molecule has 0 unspecified atom stereocenters. The van der Waals surface area contributed by atoms with Gasteiger partial charge in [0, 0.05) is 26.3 Å². The van der Waals surface area contributed by atoms with Crippen molar-refractivity contribution in [2.45, 2.75) is 70.4 Å². The molecule has 0 radical (unpaired) electrons. The lowest BCUT2D eigenvalue weighted by Crippen LogP contribution is -2.43. The van der Waals surface area contributed by atoms with E-state index in [1.807, 2.05) is 6.92 Å². The maximum absolute atomic E-state index is 12.2. The summed E-state index contributed by atoms with van der Waals surface area (Å²) >= 11 is 0. The first kappa shape index (κ1) is 17.3. The third-order valence-corrected chi connectivity index (χ3v) is 5.52. The Balaban J connectivity index is 1.82. The Morgan fingerprint density at radius 3 is 2.50 bits per heavy atom. The first-order valence-electron chi connectivity index (χ1n) is 9.39. The Morgan fingerprint density at radius 1 is 1.12 bits per heavy atom. The molecule has 5 nitrogen and oxygen atoms in total. The summed E-state index contributed by atoms with van der Waals surface area (Å²) < 4.78 is 0. The lowest BCUT2D eigenvalue weighted by atomic mass is 9.90. The highest BCUT2D eigenvalue weighted by Crippen LogP contribution is 2.35. The number of carbonyl (C=O) groups is 1. The van der Waals surface area contributed by atoms with Crippen LogP contribution >= 0.6 is 0 Å². The molecule has 24 heavy (non-hydrogen) atoms. The molecule has 0 aromatic carbocycles. The maximum atomic E-state index is 12.2. The summed E-state index contributed by atoms with van der Waals surface area (Å²) in [4.78, 5) is 25.8. The summed E-state index contributed by atoms with van der Waals surface area (Å²) in [6.07, 6.45) is 12.1. The summed E-state index contributed by atoms with van der Waals surface area (Å²) in [6.45, 7) is 3.09. The van der Waals surface area contributed by atoms with E-state index in [0.717, 1.165) is 24.5 Å². The predicted octanol–water partition coefficient (Wildman–Crippen LogP) is 3.35. The van der Waals surface area contributed by atoms with Gasteiger partial charge in [-0.25, -0.2) is 9.97 Å².